The summed E-state index contributed by atoms with van der Waals surface area (Å²) >= 11 is 0. The third-order valence-electron chi connectivity index (χ3n) is 5.62. The van der Waals surface area contributed by atoms with Crippen LogP contribution in [0.5, 0.6) is 0 Å². The van der Waals surface area contributed by atoms with Crippen molar-refractivity contribution in [1.82, 2.24) is 19.3 Å². The molecule has 1 unspecified atom stereocenters. The highest BCUT2D eigenvalue weighted by Crippen LogP contribution is 2.39. The Kier molecular flexibility index (Phi) is 4.38. The van der Waals surface area contributed by atoms with Crippen molar-refractivity contribution in [1.29, 1.82) is 0 Å². The highest BCUT2D eigenvalue weighted by molar-refractivity contribution is 5.88. The Bertz CT molecular complexity index is 1180. The zero-order chi connectivity index (χ0) is 20.7. The van der Waals surface area contributed by atoms with Gasteiger partial charge in [0.15, 0.2) is 0 Å². The van der Waals surface area contributed by atoms with Crippen LogP contribution >= 0.6 is 0 Å². The molecule has 7 heteroatoms. The number of carbonyl (C=O) groups is 1. The lowest BCUT2D eigenvalue weighted by atomic mass is 9.84. The predicted octanol–water partition coefficient (Wildman–Crippen LogP) is 3.48. The van der Waals surface area contributed by atoms with E-state index in [0.29, 0.717) is 17.0 Å². The Balaban J connectivity index is 1.85. The minimum Gasteiger partial charge on any atom is -0.464 e. The summed E-state index contributed by atoms with van der Waals surface area (Å²) in [7, 11) is 0. The van der Waals surface area contributed by atoms with Crippen molar-refractivity contribution in [3.05, 3.63) is 84.1 Å². The van der Waals surface area contributed by atoms with Crippen molar-refractivity contribution in [3.8, 4) is 0 Å². The molecule has 0 saturated heterocycles. The Hall–Kier alpha value is -3.48. The fraction of sp³-hybridized carbons (Fsp3) is 0.261. The molecule has 0 radical (unpaired) electrons. The van der Waals surface area contributed by atoms with Gasteiger partial charge in [0.2, 0.25) is 5.54 Å². The molecule has 2 atom stereocenters. The number of esters is 1. The topological polar surface area (TPSA) is 61.9 Å². The summed E-state index contributed by atoms with van der Waals surface area (Å²) in [5.41, 5.74) is 1.11. The molecule has 0 aliphatic carbocycles. The molecule has 0 bridgehead atoms. The van der Waals surface area contributed by atoms with E-state index in [1.807, 2.05) is 60.8 Å². The van der Waals surface area contributed by atoms with E-state index < -0.39 is 17.7 Å². The molecule has 6 nitrogen and oxygen atoms in total. The molecule has 0 N–H and O–H groups in total. The average molecular weight is 404 g/mol. The summed E-state index contributed by atoms with van der Waals surface area (Å²) < 4.78 is 23.2. The van der Waals surface area contributed by atoms with Gasteiger partial charge in [0.05, 0.1) is 25.0 Å². The number of nitrogens with zero attached hydrogens (tertiary/aromatic N) is 4. The van der Waals surface area contributed by atoms with Crippen LogP contribution in [0.3, 0.4) is 0 Å². The maximum Gasteiger partial charge on any atom is 0.345 e. The molecule has 4 aromatic rings. The molecule has 1 aliphatic heterocycles. The van der Waals surface area contributed by atoms with Gasteiger partial charge in [0.1, 0.15) is 11.9 Å². The first-order valence-electron chi connectivity index (χ1n) is 10.0. The van der Waals surface area contributed by atoms with Crippen LogP contribution in [-0.2, 0) is 28.0 Å². The predicted molar refractivity (Wildman–Crippen MR) is 110 cm³/mol. The van der Waals surface area contributed by atoms with Crippen LogP contribution in [0.15, 0.2) is 67.1 Å². The average Bonchev–Trinajstić information content (AvgIpc) is 3.44. The summed E-state index contributed by atoms with van der Waals surface area (Å²) in [6.45, 7) is 2.20. The van der Waals surface area contributed by atoms with Gasteiger partial charge in [-0.3, -0.25) is 0 Å². The van der Waals surface area contributed by atoms with Gasteiger partial charge in [-0.05, 0) is 18.6 Å². The molecule has 5 rings (SSSR count). The fourth-order valence-corrected chi connectivity index (χ4v) is 4.31. The van der Waals surface area contributed by atoms with Crippen molar-refractivity contribution in [2.45, 2.75) is 31.6 Å². The normalized spacial score (nSPS) is 17.6. The molecule has 3 heterocycles. The van der Waals surface area contributed by atoms with E-state index in [0.717, 1.165) is 10.9 Å². The summed E-state index contributed by atoms with van der Waals surface area (Å²) in [6.07, 6.45) is 2.62. The van der Waals surface area contributed by atoms with E-state index in [1.54, 1.807) is 22.5 Å². The van der Waals surface area contributed by atoms with Gasteiger partial charge in [0.25, 0.3) is 0 Å². The standard InChI is InChI=1S/C23H21FN4O2/c1-2-30-22(29)23(17-9-4-3-5-10-17,21-20-12-18(24)14-27(20)15-25-21)28-13-16-8-6-7-11-19(16)26-28/h3-11,13,15,18H,2,12,14H2,1H3/t18-,23?/m1/s1. The van der Waals surface area contributed by atoms with E-state index in [4.69, 9.17) is 9.84 Å². The van der Waals surface area contributed by atoms with Crippen LogP contribution in [0.25, 0.3) is 10.9 Å². The Labute approximate surface area is 172 Å². The summed E-state index contributed by atoms with van der Waals surface area (Å²) in [6, 6.07) is 17.0. The number of benzene rings is 2. The number of hydrogen-bond donors (Lipinski definition) is 0. The van der Waals surface area contributed by atoms with Gasteiger partial charge in [-0.2, -0.15) is 5.10 Å². The number of aromatic nitrogens is 4. The molecule has 2 aromatic heterocycles. The van der Waals surface area contributed by atoms with Gasteiger partial charge < -0.3 is 9.30 Å². The van der Waals surface area contributed by atoms with Crippen molar-refractivity contribution in [2.75, 3.05) is 6.61 Å². The first kappa shape index (κ1) is 18.5. The molecule has 152 valence electrons. The molecule has 0 fully saturated rings. The summed E-state index contributed by atoms with van der Waals surface area (Å²) in [4.78, 5) is 18.3. The van der Waals surface area contributed by atoms with E-state index in [9.17, 15) is 9.18 Å². The van der Waals surface area contributed by atoms with E-state index in [-0.39, 0.29) is 19.6 Å². The van der Waals surface area contributed by atoms with Crippen LogP contribution in [0.1, 0.15) is 23.9 Å². The number of hydrogen-bond acceptors (Lipinski definition) is 4. The third-order valence-corrected chi connectivity index (χ3v) is 5.62. The van der Waals surface area contributed by atoms with Crippen LogP contribution in [0, 0.1) is 0 Å². The maximum atomic E-state index is 14.3. The molecule has 1 aliphatic rings. The van der Waals surface area contributed by atoms with Crippen molar-refractivity contribution in [3.63, 3.8) is 0 Å². The van der Waals surface area contributed by atoms with Gasteiger partial charge in [0, 0.05) is 23.7 Å². The summed E-state index contributed by atoms with van der Waals surface area (Å²) in [5, 5.41) is 5.63. The van der Waals surface area contributed by atoms with Crippen LogP contribution in [-0.4, -0.2) is 38.1 Å². The van der Waals surface area contributed by atoms with E-state index in [1.165, 1.54) is 0 Å². The minimum absolute atomic E-state index is 0.199. The zero-order valence-corrected chi connectivity index (χ0v) is 16.5. The number of imidazole rings is 1. The smallest absolute Gasteiger partial charge is 0.345 e. The van der Waals surface area contributed by atoms with Crippen molar-refractivity contribution < 1.29 is 13.9 Å². The number of fused-ring (bicyclic) bond motifs is 2. The van der Waals surface area contributed by atoms with Crippen LogP contribution in [0.2, 0.25) is 0 Å². The molecule has 0 saturated carbocycles. The van der Waals surface area contributed by atoms with Gasteiger partial charge >= 0.3 is 5.97 Å². The number of rotatable bonds is 5. The van der Waals surface area contributed by atoms with Gasteiger partial charge in [-0.1, -0.05) is 48.5 Å². The molecule has 2 aromatic carbocycles. The monoisotopic (exact) mass is 404 g/mol. The van der Waals surface area contributed by atoms with E-state index in [2.05, 4.69) is 4.98 Å². The minimum atomic E-state index is -1.46. The second kappa shape index (κ2) is 7.09. The van der Waals surface area contributed by atoms with Gasteiger partial charge in [-0.15, -0.1) is 0 Å². The molecule has 30 heavy (non-hydrogen) atoms. The Morgan fingerprint density at radius 2 is 1.97 bits per heavy atom. The Morgan fingerprint density at radius 3 is 2.73 bits per heavy atom. The maximum absolute atomic E-state index is 14.3. The first-order valence-corrected chi connectivity index (χ1v) is 10.0. The number of alkyl halides is 1. The first-order chi connectivity index (χ1) is 14.6. The largest absolute Gasteiger partial charge is 0.464 e. The van der Waals surface area contributed by atoms with Crippen molar-refractivity contribution >= 4 is 16.9 Å². The van der Waals surface area contributed by atoms with Crippen LogP contribution < -0.4 is 0 Å². The molecule has 0 spiro atoms. The zero-order valence-electron chi connectivity index (χ0n) is 16.5. The second-order valence-corrected chi connectivity index (χ2v) is 7.42. The van der Waals surface area contributed by atoms with Crippen LogP contribution in [0.4, 0.5) is 4.39 Å². The molecular formula is C23H21FN4O2. The highest BCUT2D eigenvalue weighted by atomic mass is 19.1. The third kappa shape index (κ3) is 2.65. The van der Waals surface area contributed by atoms with E-state index >= 15 is 0 Å². The fourth-order valence-electron chi connectivity index (χ4n) is 4.31. The highest BCUT2D eigenvalue weighted by Gasteiger charge is 2.51. The SMILES string of the molecule is CCOC(=O)C(c1ccccc1)(c1ncn2c1C[C@@H](F)C2)n1cc2ccccc2n1. The Morgan fingerprint density at radius 1 is 1.20 bits per heavy atom. The quantitative estimate of drug-likeness (QED) is 0.478. The lowest BCUT2D eigenvalue weighted by Gasteiger charge is -2.31. The summed E-state index contributed by atoms with van der Waals surface area (Å²) in [5.74, 6) is -0.493. The number of halogens is 1. The second-order valence-electron chi connectivity index (χ2n) is 7.42. The lowest BCUT2D eigenvalue weighted by Crippen LogP contribution is -2.47. The van der Waals surface area contributed by atoms with Gasteiger partial charge in [-0.25, -0.2) is 18.9 Å². The van der Waals surface area contributed by atoms with Crippen molar-refractivity contribution in [2.24, 2.45) is 0 Å². The lowest BCUT2D eigenvalue weighted by molar-refractivity contribution is -0.150. The molecule has 0 amide bonds. The molecular weight excluding hydrogens is 383 g/mol. The number of carbonyl (C=O) groups excluding carboxylic acids is 1. The number of ether oxygens (including phenoxy) is 1.